The van der Waals surface area contributed by atoms with Crippen molar-refractivity contribution >= 4 is 0 Å². The van der Waals surface area contributed by atoms with Crippen molar-refractivity contribution in [3.63, 3.8) is 0 Å². The fourth-order valence-electron chi connectivity index (χ4n) is 7.00. The molecule has 0 radical (unpaired) electrons. The van der Waals surface area contributed by atoms with Crippen molar-refractivity contribution in [3.05, 3.63) is 108 Å². The van der Waals surface area contributed by atoms with Gasteiger partial charge in [-0.05, 0) is 30.5 Å². The Bertz CT molecular complexity index is 1520. The molecular formula is C40H52O13. The fraction of sp³-hybridized carbons (Fsp3) is 0.550. The Morgan fingerprint density at radius 1 is 0.528 bits per heavy atom. The molecule has 0 bridgehead atoms. The zero-order valence-electron chi connectivity index (χ0n) is 30.9. The van der Waals surface area contributed by atoms with E-state index in [0.29, 0.717) is 0 Å². The second-order valence-electron chi connectivity index (χ2n) is 13.5. The number of fused-ring (bicyclic) bond motifs is 1. The third-order valence-electron chi connectivity index (χ3n) is 10.2. The Kier molecular flexibility index (Phi) is 13.7. The first-order valence-corrected chi connectivity index (χ1v) is 17.9. The van der Waals surface area contributed by atoms with Gasteiger partial charge in [0.25, 0.3) is 0 Å². The SMILES string of the molecule is CO[C@H]1O[C@H](CO)[C@@H](OC2O[C@H](CO)[C@@H](OCc3ccccc3)[C@H](OCc3ccccc3)[C@H]2OCc2ccccc2)[C@@H]2O[C@@](C)(OC)[C@](C)(OC)O[C@@H]12. The minimum absolute atomic E-state index is 0.186. The van der Waals surface area contributed by atoms with Crippen LogP contribution in [0.3, 0.4) is 0 Å². The first-order chi connectivity index (χ1) is 25.8. The van der Waals surface area contributed by atoms with E-state index in [-0.39, 0.29) is 19.8 Å². The summed E-state index contributed by atoms with van der Waals surface area (Å²) in [5.74, 6) is -2.79. The van der Waals surface area contributed by atoms with Gasteiger partial charge in [-0.15, -0.1) is 0 Å². The minimum Gasteiger partial charge on any atom is -0.394 e. The summed E-state index contributed by atoms with van der Waals surface area (Å²) < 4.78 is 69.9. The molecule has 3 aliphatic rings. The third kappa shape index (κ3) is 8.84. The highest BCUT2D eigenvalue weighted by molar-refractivity contribution is 5.16. The Morgan fingerprint density at radius 3 is 1.40 bits per heavy atom. The quantitative estimate of drug-likeness (QED) is 0.221. The molecule has 6 rings (SSSR count). The fourth-order valence-corrected chi connectivity index (χ4v) is 7.00. The van der Waals surface area contributed by atoms with E-state index in [9.17, 15) is 10.2 Å². The van der Waals surface area contributed by atoms with E-state index in [1.54, 1.807) is 13.8 Å². The predicted octanol–water partition coefficient (Wildman–Crippen LogP) is 3.72. The zero-order valence-corrected chi connectivity index (χ0v) is 30.9. The van der Waals surface area contributed by atoms with Crippen molar-refractivity contribution < 1.29 is 62.3 Å². The lowest BCUT2D eigenvalue weighted by Gasteiger charge is -2.57. The van der Waals surface area contributed by atoms with Gasteiger partial charge in [0.1, 0.15) is 48.8 Å². The van der Waals surface area contributed by atoms with Gasteiger partial charge in [-0.25, -0.2) is 0 Å². The van der Waals surface area contributed by atoms with Gasteiger partial charge in [0.05, 0.1) is 33.0 Å². The molecule has 0 amide bonds. The maximum absolute atomic E-state index is 10.8. The molecular weight excluding hydrogens is 688 g/mol. The summed E-state index contributed by atoms with van der Waals surface area (Å²) in [6, 6.07) is 29.2. The normalized spacial score (nSPS) is 35.8. The monoisotopic (exact) mass is 740 g/mol. The molecule has 3 saturated heterocycles. The van der Waals surface area contributed by atoms with Crippen LogP contribution in [-0.2, 0) is 71.9 Å². The average molecular weight is 741 g/mol. The van der Waals surface area contributed by atoms with Gasteiger partial charge >= 0.3 is 0 Å². The topological polar surface area (TPSA) is 142 Å². The molecule has 0 spiro atoms. The first kappa shape index (κ1) is 39.8. The van der Waals surface area contributed by atoms with E-state index in [1.165, 1.54) is 21.3 Å². The van der Waals surface area contributed by atoms with Crippen molar-refractivity contribution in [3.8, 4) is 0 Å². The van der Waals surface area contributed by atoms with Crippen LogP contribution in [0.4, 0.5) is 0 Å². The van der Waals surface area contributed by atoms with Crippen molar-refractivity contribution in [2.45, 2.75) is 107 Å². The molecule has 3 aromatic rings. The van der Waals surface area contributed by atoms with Crippen LogP contribution in [0.15, 0.2) is 91.0 Å². The third-order valence-corrected chi connectivity index (χ3v) is 10.2. The van der Waals surface area contributed by atoms with Crippen LogP contribution in [0.1, 0.15) is 30.5 Å². The molecule has 3 fully saturated rings. The molecule has 3 aliphatic heterocycles. The molecule has 3 heterocycles. The highest BCUT2D eigenvalue weighted by Gasteiger charge is 2.64. The van der Waals surface area contributed by atoms with Crippen LogP contribution in [0, 0.1) is 0 Å². The maximum atomic E-state index is 10.8. The van der Waals surface area contributed by atoms with E-state index >= 15 is 0 Å². The van der Waals surface area contributed by atoms with Crippen molar-refractivity contribution in [1.82, 2.24) is 0 Å². The number of aliphatic hydroxyl groups excluding tert-OH is 2. The summed E-state index contributed by atoms with van der Waals surface area (Å²) >= 11 is 0. The lowest BCUT2D eigenvalue weighted by Crippen LogP contribution is -2.74. The summed E-state index contributed by atoms with van der Waals surface area (Å²) in [7, 11) is 4.45. The second kappa shape index (κ2) is 18.2. The van der Waals surface area contributed by atoms with Crippen LogP contribution in [0.2, 0.25) is 0 Å². The van der Waals surface area contributed by atoms with Gasteiger partial charge in [-0.3, -0.25) is 0 Å². The Balaban J connectivity index is 1.36. The summed E-state index contributed by atoms with van der Waals surface area (Å²) in [5, 5.41) is 21.5. The predicted molar refractivity (Wildman–Crippen MR) is 189 cm³/mol. The molecule has 2 N–H and O–H groups in total. The molecule has 13 nitrogen and oxygen atoms in total. The van der Waals surface area contributed by atoms with Gasteiger partial charge < -0.3 is 62.3 Å². The summed E-state index contributed by atoms with van der Waals surface area (Å²) in [6.45, 7) is 3.17. The lowest BCUT2D eigenvalue weighted by molar-refractivity contribution is -0.489. The average Bonchev–Trinajstić information content (AvgIpc) is 3.20. The molecule has 12 atom stereocenters. The van der Waals surface area contributed by atoms with E-state index in [0.717, 1.165) is 16.7 Å². The largest absolute Gasteiger partial charge is 0.394 e. The van der Waals surface area contributed by atoms with Crippen LogP contribution in [0.5, 0.6) is 0 Å². The molecule has 13 heteroatoms. The molecule has 0 aliphatic carbocycles. The van der Waals surface area contributed by atoms with Crippen molar-refractivity contribution in [1.29, 1.82) is 0 Å². The van der Waals surface area contributed by atoms with Gasteiger partial charge in [0.2, 0.25) is 11.6 Å². The zero-order chi connectivity index (χ0) is 37.4. The highest BCUT2D eigenvalue weighted by atomic mass is 16.8. The van der Waals surface area contributed by atoms with Crippen LogP contribution >= 0.6 is 0 Å². The number of benzene rings is 3. The number of ether oxygens (including phenoxy) is 11. The van der Waals surface area contributed by atoms with Crippen LogP contribution in [-0.4, -0.2) is 118 Å². The van der Waals surface area contributed by atoms with E-state index < -0.39 is 86.2 Å². The number of hydrogen-bond donors (Lipinski definition) is 2. The Hall–Kier alpha value is -2.86. The Labute approximate surface area is 310 Å². The van der Waals surface area contributed by atoms with E-state index in [4.69, 9.17) is 52.1 Å². The first-order valence-electron chi connectivity index (χ1n) is 17.9. The lowest BCUT2D eigenvalue weighted by atomic mass is 9.93. The van der Waals surface area contributed by atoms with E-state index in [2.05, 4.69) is 0 Å². The molecule has 53 heavy (non-hydrogen) atoms. The van der Waals surface area contributed by atoms with Gasteiger partial charge in [0.15, 0.2) is 12.6 Å². The van der Waals surface area contributed by atoms with Crippen molar-refractivity contribution in [2.75, 3.05) is 34.5 Å². The van der Waals surface area contributed by atoms with Gasteiger partial charge in [-0.2, -0.15) is 0 Å². The number of hydrogen-bond acceptors (Lipinski definition) is 13. The number of rotatable bonds is 16. The second-order valence-corrected chi connectivity index (χ2v) is 13.5. The van der Waals surface area contributed by atoms with Crippen LogP contribution in [0.25, 0.3) is 0 Å². The van der Waals surface area contributed by atoms with Gasteiger partial charge in [0, 0.05) is 21.3 Å². The highest BCUT2D eigenvalue weighted by Crippen LogP contribution is 2.45. The molecule has 1 unspecified atom stereocenters. The maximum Gasteiger partial charge on any atom is 0.220 e. The summed E-state index contributed by atoms with van der Waals surface area (Å²) in [4.78, 5) is 0. The van der Waals surface area contributed by atoms with Crippen LogP contribution < -0.4 is 0 Å². The molecule has 0 aromatic heterocycles. The standard InChI is InChI=1S/C40H52O13/c1-39(44-4)40(2,45-5)53-36-34(52-39)32(30(22-42)49-37(36)43-3)51-38-35(48-25-28-19-13-8-14-20-28)33(47-24-27-17-11-7-12-18-27)31(29(21-41)50-38)46-23-26-15-9-6-10-16-26/h6-20,29-38,41-42H,21-25H2,1-5H3/t29-,30-,31-,32-,33+,34+,35-,36-,37+,38?,39-,40-/m1/s1. The number of aliphatic hydroxyl groups is 2. The molecule has 290 valence electrons. The smallest absolute Gasteiger partial charge is 0.220 e. The minimum atomic E-state index is -1.41. The molecule has 0 saturated carbocycles. The summed E-state index contributed by atoms with van der Waals surface area (Å²) in [5.41, 5.74) is 2.78. The number of methoxy groups -OCH3 is 3. The summed E-state index contributed by atoms with van der Waals surface area (Å²) in [6.07, 6.45) is -9.29. The molecule has 3 aromatic carbocycles. The van der Waals surface area contributed by atoms with Gasteiger partial charge in [-0.1, -0.05) is 91.0 Å². The van der Waals surface area contributed by atoms with E-state index in [1.807, 2.05) is 91.0 Å². The van der Waals surface area contributed by atoms with Crippen molar-refractivity contribution in [2.24, 2.45) is 0 Å². The Morgan fingerprint density at radius 2 is 0.943 bits per heavy atom.